The lowest BCUT2D eigenvalue weighted by atomic mass is 9.47. The highest BCUT2D eigenvalue weighted by atomic mass is 16.3. The number of aliphatic hydroxyl groups is 2. The third-order valence-corrected chi connectivity index (χ3v) is 9.69. The second-order valence-electron chi connectivity index (χ2n) is 12.5. The number of fused-ring (bicyclic) bond motifs is 5. The van der Waals surface area contributed by atoms with Crippen LogP contribution in [0.3, 0.4) is 0 Å². The Kier molecular flexibility index (Phi) is 5.53. The third-order valence-electron chi connectivity index (χ3n) is 9.69. The second kappa shape index (κ2) is 7.35. The Morgan fingerprint density at radius 3 is 2.55 bits per heavy atom. The summed E-state index contributed by atoms with van der Waals surface area (Å²) in [5, 5.41) is 25.4. The number of allylic oxidation sites excluding steroid dienone is 1. The van der Waals surface area contributed by atoms with Gasteiger partial charge >= 0.3 is 0 Å². The average molecular weight is 404 g/mol. The molecule has 0 aromatic rings. The molecule has 0 radical (unpaired) electrons. The van der Waals surface area contributed by atoms with Crippen molar-refractivity contribution >= 4 is 0 Å². The Morgan fingerprint density at radius 2 is 1.90 bits per heavy atom. The summed E-state index contributed by atoms with van der Waals surface area (Å²) in [6, 6.07) is 0.414. The van der Waals surface area contributed by atoms with Crippen LogP contribution in [0.2, 0.25) is 0 Å². The van der Waals surface area contributed by atoms with Gasteiger partial charge in [-0.1, -0.05) is 39.3 Å². The maximum absolute atomic E-state index is 11.2. The number of hydrogen-bond donors (Lipinski definition) is 3. The van der Waals surface area contributed by atoms with Crippen molar-refractivity contribution in [1.29, 1.82) is 0 Å². The van der Waals surface area contributed by atoms with Crippen molar-refractivity contribution in [3.63, 3.8) is 0 Å². The maximum Gasteiger partial charge on any atom is 0.0639 e. The van der Waals surface area contributed by atoms with Gasteiger partial charge in [0.1, 0.15) is 0 Å². The minimum absolute atomic E-state index is 0.129. The highest BCUT2D eigenvalue weighted by Gasteiger charge is 2.63. The fraction of sp³-hybridized carbons (Fsp3) is 0.923. The van der Waals surface area contributed by atoms with Gasteiger partial charge in [0, 0.05) is 12.0 Å². The molecule has 0 saturated heterocycles. The van der Waals surface area contributed by atoms with Gasteiger partial charge in [-0.2, -0.15) is 0 Å². The van der Waals surface area contributed by atoms with Crippen molar-refractivity contribution in [2.24, 2.45) is 40.4 Å². The van der Waals surface area contributed by atoms with Gasteiger partial charge in [0.2, 0.25) is 0 Å². The Bertz CT molecular complexity index is 650. The number of hydrogen-bond acceptors (Lipinski definition) is 3. The Labute approximate surface area is 178 Å². The molecule has 0 aromatic carbocycles. The van der Waals surface area contributed by atoms with Crippen molar-refractivity contribution in [2.45, 2.75) is 104 Å². The molecule has 8 atom stereocenters. The van der Waals surface area contributed by atoms with Crippen molar-refractivity contribution in [1.82, 2.24) is 5.32 Å². The zero-order valence-corrected chi connectivity index (χ0v) is 19.7. The third kappa shape index (κ3) is 3.53. The summed E-state index contributed by atoms with van der Waals surface area (Å²) in [5.41, 5.74) is 1.40. The summed E-state index contributed by atoms with van der Waals surface area (Å²) in [7, 11) is 0. The second-order valence-corrected chi connectivity index (χ2v) is 12.5. The molecule has 4 rings (SSSR count). The average Bonchev–Trinajstić information content (AvgIpc) is 2.93. The lowest BCUT2D eigenvalue weighted by molar-refractivity contribution is -0.0984. The van der Waals surface area contributed by atoms with Gasteiger partial charge in [-0.05, 0) is 99.8 Å². The molecule has 4 aliphatic carbocycles. The summed E-state index contributed by atoms with van der Waals surface area (Å²) in [4.78, 5) is 0. The van der Waals surface area contributed by atoms with Gasteiger partial charge in [-0.15, -0.1) is 0 Å². The van der Waals surface area contributed by atoms with Crippen LogP contribution in [0.5, 0.6) is 0 Å². The number of nitrogens with one attached hydrogen (secondary N) is 1. The van der Waals surface area contributed by atoms with E-state index in [9.17, 15) is 10.2 Å². The largest absolute Gasteiger partial charge is 0.393 e. The number of rotatable bonds is 4. The summed E-state index contributed by atoms with van der Waals surface area (Å²) in [6.07, 6.45) is 10.3. The first-order chi connectivity index (χ1) is 13.5. The van der Waals surface area contributed by atoms with Crippen LogP contribution in [0, 0.1) is 40.4 Å². The van der Waals surface area contributed by atoms with Gasteiger partial charge in [-0.25, -0.2) is 0 Å². The highest BCUT2D eigenvalue weighted by molar-refractivity contribution is 5.26. The van der Waals surface area contributed by atoms with E-state index in [0.717, 1.165) is 37.6 Å². The van der Waals surface area contributed by atoms with Crippen LogP contribution in [0.25, 0.3) is 0 Å². The molecule has 4 aliphatic rings. The van der Waals surface area contributed by atoms with Crippen LogP contribution in [-0.4, -0.2) is 34.5 Å². The Morgan fingerprint density at radius 1 is 1.17 bits per heavy atom. The van der Waals surface area contributed by atoms with Gasteiger partial charge in [0.25, 0.3) is 0 Å². The van der Waals surface area contributed by atoms with E-state index in [2.05, 4.69) is 39.1 Å². The van der Waals surface area contributed by atoms with Crippen LogP contribution in [-0.2, 0) is 0 Å². The monoisotopic (exact) mass is 403 g/mol. The minimum Gasteiger partial charge on any atom is -0.393 e. The topological polar surface area (TPSA) is 52.5 Å². The van der Waals surface area contributed by atoms with Gasteiger partial charge in [-0.3, -0.25) is 0 Å². The van der Waals surface area contributed by atoms with E-state index in [1.54, 1.807) is 5.57 Å². The highest BCUT2D eigenvalue weighted by Crippen LogP contribution is 2.67. The Balaban J connectivity index is 1.65. The fourth-order valence-corrected chi connectivity index (χ4v) is 8.58. The van der Waals surface area contributed by atoms with E-state index in [4.69, 9.17) is 0 Å². The fourth-order valence-electron chi connectivity index (χ4n) is 8.58. The van der Waals surface area contributed by atoms with E-state index >= 15 is 0 Å². The summed E-state index contributed by atoms with van der Waals surface area (Å²) >= 11 is 0. The summed E-state index contributed by atoms with van der Waals surface area (Å²) in [6.45, 7) is 14.7. The molecule has 3 fully saturated rings. The first kappa shape index (κ1) is 21.8. The predicted octanol–water partition coefficient (Wildman–Crippen LogP) is 4.92. The molecule has 0 aliphatic heterocycles. The van der Waals surface area contributed by atoms with Gasteiger partial charge < -0.3 is 15.5 Å². The lowest BCUT2D eigenvalue weighted by Crippen LogP contribution is -2.54. The molecule has 0 heterocycles. The summed E-state index contributed by atoms with van der Waals surface area (Å²) in [5.74, 6) is 3.11. The van der Waals surface area contributed by atoms with E-state index in [0.29, 0.717) is 23.8 Å². The standard InChI is InChI=1S/C26H45NO2/c1-16(2)15-27-22-14-21-19-8-7-17-13-18(28)9-11-25(17,5)20(19)10-12-26(21,6)23(22)24(3,4)29/h7,16,18-23,27-29H,8-15H2,1-6H3/t18-,19+,20-,21-,22+,23+,25-,26-/m0/s1. The zero-order chi connectivity index (χ0) is 21.2. The molecule has 0 amide bonds. The van der Waals surface area contributed by atoms with Crippen molar-refractivity contribution in [2.75, 3.05) is 6.54 Å². The van der Waals surface area contributed by atoms with Crippen LogP contribution >= 0.6 is 0 Å². The molecule has 3 heteroatoms. The molecule has 3 nitrogen and oxygen atoms in total. The van der Waals surface area contributed by atoms with Crippen molar-refractivity contribution in [3.05, 3.63) is 11.6 Å². The van der Waals surface area contributed by atoms with Gasteiger partial charge in [0.05, 0.1) is 11.7 Å². The SMILES string of the molecule is CC(C)CN[C@@H]1C[C@H]2[C@@H]3CC=C4C[C@@H](O)CC[C@]4(C)[C@H]3CC[C@]2(C)[C@H]1C(C)(C)O. The molecule has 0 spiro atoms. The molecule has 3 N–H and O–H groups in total. The van der Waals surface area contributed by atoms with E-state index < -0.39 is 5.60 Å². The normalized spacial score (nSPS) is 47.4. The molecule has 29 heavy (non-hydrogen) atoms. The zero-order valence-electron chi connectivity index (χ0n) is 19.7. The van der Waals surface area contributed by atoms with Crippen LogP contribution in [0.4, 0.5) is 0 Å². The molecule has 166 valence electrons. The molecule has 0 aromatic heterocycles. The maximum atomic E-state index is 11.2. The molecular weight excluding hydrogens is 358 g/mol. The quantitative estimate of drug-likeness (QED) is 0.584. The molecule has 0 unspecified atom stereocenters. The van der Waals surface area contributed by atoms with E-state index in [1.807, 2.05) is 13.8 Å². The van der Waals surface area contributed by atoms with E-state index in [1.165, 1.54) is 25.7 Å². The molecular formula is C26H45NO2. The van der Waals surface area contributed by atoms with Crippen molar-refractivity contribution < 1.29 is 10.2 Å². The van der Waals surface area contributed by atoms with Crippen LogP contribution in [0.15, 0.2) is 11.6 Å². The van der Waals surface area contributed by atoms with Crippen molar-refractivity contribution in [3.8, 4) is 0 Å². The molecule has 3 saturated carbocycles. The van der Waals surface area contributed by atoms with Crippen LogP contribution < -0.4 is 5.32 Å². The smallest absolute Gasteiger partial charge is 0.0639 e. The van der Waals surface area contributed by atoms with Crippen LogP contribution in [0.1, 0.15) is 86.5 Å². The first-order valence-electron chi connectivity index (χ1n) is 12.3. The minimum atomic E-state index is -0.653. The van der Waals surface area contributed by atoms with E-state index in [-0.39, 0.29) is 16.9 Å². The first-order valence-corrected chi connectivity index (χ1v) is 12.3. The number of aliphatic hydroxyl groups excluding tert-OH is 1. The lowest BCUT2D eigenvalue weighted by Gasteiger charge is -2.58. The Hall–Kier alpha value is -0.380. The predicted molar refractivity (Wildman–Crippen MR) is 120 cm³/mol. The molecule has 0 bridgehead atoms. The summed E-state index contributed by atoms with van der Waals surface area (Å²) < 4.78 is 0. The van der Waals surface area contributed by atoms with Gasteiger partial charge in [0.15, 0.2) is 0 Å².